The summed E-state index contributed by atoms with van der Waals surface area (Å²) in [6.07, 6.45) is 1.57. The van der Waals surface area contributed by atoms with Crippen LogP contribution < -0.4 is 14.9 Å². The molecule has 0 aliphatic rings. The van der Waals surface area contributed by atoms with Crippen LogP contribution in [0.1, 0.15) is 16.7 Å². The first-order chi connectivity index (χ1) is 14.5. The summed E-state index contributed by atoms with van der Waals surface area (Å²) < 4.78 is 12.9. The van der Waals surface area contributed by atoms with Gasteiger partial charge in [0.2, 0.25) is 0 Å². The minimum Gasteiger partial charge on any atom is -0.489 e. The van der Waals surface area contributed by atoms with E-state index in [0.717, 1.165) is 31.4 Å². The molecule has 0 bridgehead atoms. The van der Waals surface area contributed by atoms with Gasteiger partial charge in [0.15, 0.2) is 6.61 Å². The summed E-state index contributed by atoms with van der Waals surface area (Å²) in [7, 11) is 0. The fourth-order valence-corrected chi connectivity index (χ4v) is 4.21. The Morgan fingerprint density at radius 1 is 1.00 bits per heavy atom. The fourth-order valence-electron chi connectivity index (χ4n) is 2.56. The Morgan fingerprint density at radius 3 is 2.33 bits per heavy atom. The molecule has 30 heavy (non-hydrogen) atoms. The minimum atomic E-state index is -0.353. The molecule has 0 radical (unpaired) electrons. The summed E-state index contributed by atoms with van der Waals surface area (Å²) in [6, 6.07) is 21.3. The second-order valence-corrected chi connectivity index (χ2v) is 8.19. The lowest BCUT2D eigenvalue weighted by Gasteiger charge is -2.10. The summed E-state index contributed by atoms with van der Waals surface area (Å²) in [4.78, 5) is 12.0. The van der Waals surface area contributed by atoms with Crippen LogP contribution >= 0.6 is 31.9 Å². The maximum Gasteiger partial charge on any atom is 0.277 e. The number of halogens is 2. The van der Waals surface area contributed by atoms with Crippen molar-refractivity contribution in [2.75, 3.05) is 6.61 Å². The Kier molecular flexibility index (Phi) is 8.04. The zero-order valence-electron chi connectivity index (χ0n) is 16.3. The van der Waals surface area contributed by atoms with Crippen LogP contribution in [0.3, 0.4) is 0 Å². The molecule has 1 amide bonds. The number of carbonyl (C=O) groups is 1. The van der Waals surface area contributed by atoms with Crippen LogP contribution in [0.5, 0.6) is 11.5 Å². The van der Waals surface area contributed by atoms with Crippen molar-refractivity contribution in [3.05, 3.63) is 92.4 Å². The molecular formula is C23H20Br2N2O3. The van der Waals surface area contributed by atoms with E-state index in [-0.39, 0.29) is 12.5 Å². The molecule has 0 atom stereocenters. The maximum absolute atomic E-state index is 12.0. The zero-order valence-corrected chi connectivity index (χ0v) is 19.4. The molecule has 0 aromatic heterocycles. The molecule has 0 heterocycles. The molecule has 0 fully saturated rings. The Morgan fingerprint density at radius 2 is 1.67 bits per heavy atom. The molecule has 1 N–H and O–H groups in total. The number of hydrogen-bond acceptors (Lipinski definition) is 4. The first kappa shape index (κ1) is 22.1. The van der Waals surface area contributed by atoms with Crippen LogP contribution in [0, 0.1) is 6.92 Å². The topological polar surface area (TPSA) is 59.9 Å². The molecule has 0 aliphatic carbocycles. The van der Waals surface area contributed by atoms with Gasteiger partial charge < -0.3 is 9.47 Å². The Balaban J connectivity index is 1.45. The van der Waals surface area contributed by atoms with E-state index in [1.54, 1.807) is 6.21 Å². The number of nitrogens with one attached hydrogen (secondary N) is 1. The lowest BCUT2D eigenvalue weighted by Crippen LogP contribution is -2.24. The highest BCUT2D eigenvalue weighted by atomic mass is 79.9. The second-order valence-electron chi connectivity index (χ2n) is 6.48. The van der Waals surface area contributed by atoms with Crippen molar-refractivity contribution < 1.29 is 14.3 Å². The van der Waals surface area contributed by atoms with E-state index in [2.05, 4.69) is 42.4 Å². The van der Waals surface area contributed by atoms with Gasteiger partial charge >= 0.3 is 0 Å². The van der Waals surface area contributed by atoms with Crippen LogP contribution in [0.2, 0.25) is 0 Å². The van der Waals surface area contributed by atoms with Crippen LogP contribution in [0.15, 0.2) is 80.8 Å². The number of aryl methyl sites for hydroxylation is 1. The van der Waals surface area contributed by atoms with E-state index in [1.165, 1.54) is 0 Å². The average molecular weight is 532 g/mol. The molecule has 0 saturated carbocycles. The summed E-state index contributed by atoms with van der Waals surface area (Å²) in [5.74, 6) is 0.988. The molecule has 5 nitrogen and oxygen atoms in total. The highest BCUT2D eigenvalue weighted by Gasteiger charge is 2.10. The van der Waals surface area contributed by atoms with Gasteiger partial charge in [-0.1, -0.05) is 30.3 Å². The Labute approximate surface area is 192 Å². The van der Waals surface area contributed by atoms with Crippen molar-refractivity contribution in [3.8, 4) is 11.5 Å². The van der Waals surface area contributed by atoms with E-state index < -0.39 is 0 Å². The molecular weight excluding hydrogens is 512 g/mol. The first-order valence-electron chi connectivity index (χ1n) is 9.18. The van der Waals surface area contributed by atoms with Crippen molar-refractivity contribution in [1.29, 1.82) is 0 Å². The molecule has 3 aromatic rings. The van der Waals surface area contributed by atoms with Crippen molar-refractivity contribution in [2.24, 2.45) is 5.10 Å². The van der Waals surface area contributed by atoms with E-state index in [9.17, 15) is 4.79 Å². The summed E-state index contributed by atoms with van der Waals surface area (Å²) in [5, 5.41) is 3.97. The molecule has 3 aromatic carbocycles. The van der Waals surface area contributed by atoms with Crippen molar-refractivity contribution >= 4 is 44.0 Å². The highest BCUT2D eigenvalue weighted by Crippen LogP contribution is 2.34. The van der Waals surface area contributed by atoms with Gasteiger partial charge in [0, 0.05) is 0 Å². The number of rotatable bonds is 8. The van der Waals surface area contributed by atoms with Gasteiger partial charge in [0.1, 0.15) is 18.1 Å². The molecule has 7 heteroatoms. The third-order valence-electron chi connectivity index (χ3n) is 4.02. The van der Waals surface area contributed by atoms with Gasteiger partial charge in [-0.05, 0) is 91.9 Å². The van der Waals surface area contributed by atoms with Crippen molar-refractivity contribution in [2.45, 2.75) is 13.5 Å². The number of benzene rings is 3. The largest absolute Gasteiger partial charge is 0.489 e. The predicted octanol–water partition coefficient (Wildman–Crippen LogP) is 5.63. The maximum atomic E-state index is 12.0. The number of hydrogen-bond donors (Lipinski definition) is 1. The third-order valence-corrected chi connectivity index (χ3v) is 5.20. The lowest BCUT2D eigenvalue weighted by atomic mass is 10.2. The molecule has 154 valence electrons. The molecule has 0 aliphatic heterocycles. The smallest absolute Gasteiger partial charge is 0.277 e. The number of nitrogens with zero attached hydrogens (tertiary/aromatic N) is 1. The lowest BCUT2D eigenvalue weighted by molar-refractivity contribution is -0.123. The van der Waals surface area contributed by atoms with Gasteiger partial charge in [-0.15, -0.1) is 0 Å². The molecule has 0 saturated heterocycles. The average Bonchev–Trinajstić information content (AvgIpc) is 2.73. The molecule has 3 rings (SSSR count). The fraction of sp³-hybridized carbons (Fsp3) is 0.130. The van der Waals surface area contributed by atoms with Gasteiger partial charge in [-0.2, -0.15) is 5.10 Å². The van der Waals surface area contributed by atoms with Gasteiger partial charge in [0.05, 0.1) is 15.2 Å². The molecule has 0 unspecified atom stereocenters. The van der Waals surface area contributed by atoms with E-state index in [1.807, 2.05) is 73.7 Å². The minimum absolute atomic E-state index is 0.149. The monoisotopic (exact) mass is 530 g/mol. The van der Waals surface area contributed by atoms with E-state index in [4.69, 9.17) is 9.47 Å². The van der Waals surface area contributed by atoms with Crippen LogP contribution in [0.25, 0.3) is 0 Å². The van der Waals surface area contributed by atoms with E-state index in [0.29, 0.717) is 12.4 Å². The van der Waals surface area contributed by atoms with E-state index >= 15 is 0 Å². The van der Waals surface area contributed by atoms with Crippen molar-refractivity contribution in [1.82, 2.24) is 5.43 Å². The standard InChI is InChI=1S/C23H20Br2N2O3/c1-16-11-20(24)23(21(25)12-16)30-15-22(28)27-26-13-17-7-9-19(10-8-17)29-14-18-5-3-2-4-6-18/h2-13H,14-15H2,1H3,(H,27,28)/b26-13+. The Bertz CT molecular complexity index is 999. The van der Waals surface area contributed by atoms with Crippen LogP contribution in [-0.4, -0.2) is 18.7 Å². The second kappa shape index (κ2) is 10.9. The molecule has 0 spiro atoms. The van der Waals surface area contributed by atoms with Gasteiger partial charge in [-0.3, -0.25) is 4.79 Å². The quantitative estimate of drug-likeness (QED) is 0.303. The van der Waals surface area contributed by atoms with Crippen molar-refractivity contribution in [3.63, 3.8) is 0 Å². The van der Waals surface area contributed by atoms with Gasteiger partial charge in [-0.25, -0.2) is 5.43 Å². The summed E-state index contributed by atoms with van der Waals surface area (Å²) >= 11 is 6.87. The zero-order chi connectivity index (χ0) is 21.3. The third kappa shape index (κ3) is 6.71. The summed E-state index contributed by atoms with van der Waals surface area (Å²) in [5.41, 5.74) is 5.48. The summed E-state index contributed by atoms with van der Waals surface area (Å²) in [6.45, 7) is 2.34. The van der Waals surface area contributed by atoms with Gasteiger partial charge in [0.25, 0.3) is 5.91 Å². The first-order valence-corrected chi connectivity index (χ1v) is 10.8. The normalized spacial score (nSPS) is 10.8. The van der Waals surface area contributed by atoms with Crippen LogP contribution in [-0.2, 0) is 11.4 Å². The highest BCUT2D eigenvalue weighted by molar-refractivity contribution is 9.11. The SMILES string of the molecule is Cc1cc(Br)c(OCC(=O)N/N=C/c2ccc(OCc3ccccc3)cc2)c(Br)c1. The van der Waals surface area contributed by atoms with Crippen LogP contribution in [0.4, 0.5) is 0 Å². The Hall–Kier alpha value is -2.64. The number of carbonyl (C=O) groups excluding carboxylic acids is 1. The number of ether oxygens (including phenoxy) is 2. The predicted molar refractivity (Wildman–Crippen MR) is 125 cm³/mol. The number of amides is 1. The number of hydrazone groups is 1.